The Labute approximate surface area is 99.4 Å². The first-order valence-electron chi connectivity index (χ1n) is 4.67. The fraction of sp³-hybridized carbons (Fsp3) is 0.364. The predicted octanol–water partition coefficient (Wildman–Crippen LogP) is 2.88. The molecule has 1 rings (SSSR count). The monoisotopic (exact) mass is 243 g/mol. The van der Waals surface area contributed by atoms with Gasteiger partial charge in [-0.3, -0.25) is 4.79 Å². The standard InChI is InChI=1S/C11H14ClNOS/c1-8(13-11(14)7-15-2)9-3-5-10(12)6-4-9/h3-6,8H,7H2,1-2H3,(H,13,14). The zero-order chi connectivity index (χ0) is 11.3. The number of nitrogens with one attached hydrogen (secondary N) is 1. The van der Waals surface area contributed by atoms with Gasteiger partial charge in [0.05, 0.1) is 11.8 Å². The second kappa shape index (κ2) is 6.03. The molecule has 1 amide bonds. The van der Waals surface area contributed by atoms with Crippen molar-refractivity contribution in [2.75, 3.05) is 12.0 Å². The van der Waals surface area contributed by atoms with E-state index in [-0.39, 0.29) is 11.9 Å². The molecule has 0 aliphatic rings. The van der Waals surface area contributed by atoms with Crippen LogP contribution >= 0.6 is 23.4 Å². The maximum atomic E-state index is 11.3. The maximum Gasteiger partial charge on any atom is 0.230 e. The smallest absolute Gasteiger partial charge is 0.230 e. The molecule has 4 heteroatoms. The highest BCUT2D eigenvalue weighted by Crippen LogP contribution is 2.15. The minimum absolute atomic E-state index is 0.0296. The molecular weight excluding hydrogens is 230 g/mol. The van der Waals surface area contributed by atoms with Gasteiger partial charge in [-0.25, -0.2) is 0 Å². The van der Waals surface area contributed by atoms with Gasteiger partial charge in [0.2, 0.25) is 5.91 Å². The third kappa shape index (κ3) is 4.14. The molecule has 15 heavy (non-hydrogen) atoms. The quantitative estimate of drug-likeness (QED) is 0.881. The van der Waals surface area contributed by atoms with Crippen LogP contribution in [0.3, 0.4) is 0 Å². The Bertz CT molecular complexity index is 326. The van der Waals surface area contributed by atoms with Crippen molar-refractivity contribution in [3.8, 4) is 0 Å². The Morgan fingerprint density at radius 1 is 1.47 bits per heavy atom. The van der Waals surface area contributed by atoms with Crippen LogP contribution in [0.25, 0.3) is 0 Å². The molecule has 1 aromatic carbocycles. The Morgan fingerprint density at radius 2 is 2.07 bits per heavy atom. The molecule has 0 bridgehead atoms. The van der Waals surface area contributed by atoms with E-state index in [1.165, 1.54) is 11.8 Å². The number of benzene rings is 1. The van der Waals surface area contributed by atoms with Crippen LogP contribution in [0.1, 0.15) is 18.5 Å². The van der Waals surface area contributed by atoms with Crippen molar-refractivity contribution in [1.82, 2.24) is 5.32 Å². The lowest BCUT2D eigenvalue weighted by atomic mass is 10.1. The summed E-state index contributed by atoms with van der Waals surface area (Å²) in [6, 6.07) is 7.53. The van der Waals surface area contributed by atoms with Gasteiger partial charge in [-0.2, -0.15) is 11.8 Å². The van der Waals surface area contributed by atoms with Crippen LogP contribution in [-0.4, -0.2) is 17.9 Å². The highest BCUT2D eigenvalue weighted by atomic mass is 35.5. The normalized spacial score (nSPS) is 12.2. The van der Waals surface area contributed by atoms with E-state index in [9.17, 15) is 4.79 Å². The molecule has 1 aromatic rings. The van der Waals surface area contributed by atoms with Crippen molar-refractivity contribution in [3.63, 3.8) is 0 Å². The van der Waals surface area contributed by atoms with Crippen LogP contribution in [0.5, 0.6) is 0 Å². The Kier molecular flexibility index (Phi) is 4.99. The average Bonchev–Trinajstić information content (AvgIpc) is 2.18. The Morgan fingerprint density at radius 3 is 2.60 bits per heavy atom. The fourth-order valence-corrected chi connectivity index (χ4v) is 1.72. The first-order chi connectivity index (χ1) is 7.13. The van der Waals surface area contributed by atoms with Gasteiger partial charge in [0.25, 0.3) is 0 Å². The summed E-state index contributed by atoms with van der Waals surface area (Å²) in [5, 5.41) is 3.62. The molecule has 1 N–H and O–H groups in total. The van der Waals surface area contributed by atoms with Crippen molar-refractivity contribution in [1.29, 1.82) is 0 Å². The lowest BCUT2D eigenvalue weighted by Gasteiger charge is -2.13. The summed E-state index contributed by atoms with van der Waals surface area (Å²) in [4.78, 5) is 11.3. The summed E-state index contributed by atoms with van der Waals surface area (Å²) in [5.74, 6) is 0.558. The molecule has 1 atom stereocenters. The van der Waals surface area contributed by atoms with Gasteiger partial charge in [-0.15, -0.1) is 0 Å². The van der Waals surface area contributed by atoms with Gasteiger partial charge in [0.15, 0.2) is 0 Å². The van der Waals surface area contributed by atoms with E-state index in [1.54, 1.807) is 0 Å². The van der Waals surface area contributed by atoms with Gasteiger partial charge in [-0.05, 0) is 30.9 Å². The Balaban J connectivity index is 2.57. The first kappa shape index (κ1) is 12.4. The topological polar surface area (TPSA) is 29.1 Å². The van der Waals surface area contributed by atoms with E-state index >= 15 is 0 Å². The van der Waals surface area contributed by atoms with E-state index in [1.807, 2.05) is 37.4 Å². The van der Waals surface area contributed by atoms with Crippen LogP contribution < -0.4 is 5.32 Å². The Hall–Kier alpha value is -0.670. The van der Waals surface area contributed by atoms with Crippen molar-refractivity contribution < 1.29 is 4.79 Å². The number of carbonyl (C=O) groups is 1. The SMILES string of the molecule is CSCC(=O)NC(C)c1ccc(Cl)cc1. The van der Waals surface area contributed by atoms with Crippen molar-refractivity contribution in [2.45, 2.75) is 13.0 Å². The molecule has 0 spiro atoms. The molecule has 0 fully saturated rings. The van der Waals surface area contributed by atoms with E-state index in [0.29, 0.717) is 10.8 Å². The summed E-state index contributed by atoms with van der Waals surface area (Å²) in [7, 11) is 0. The van der Waals surface area contributed by atoms with Gasteiger partial charge in [0, 0.05) is 5.02 Å². The molecule has 0 aliphatic heterocycles. The molecule has 1 unspecified atom stereocenters. The second-order valence-corrected chi connectivity index (χ2v) is 4.58. The third-order valence-corrected chi connectivity index (χ3v) is 2.83. The highest BCUT2D eigenvalue weighted by molar-refractivity contribution is 7.99. The largest absolute Gasteiger partial charge is 0.349 e. The predicted molar refractivity (Wildman–Crippen MR) is 66.4 cm³/mol. The third-order valence-electron chi connectivity index (χ3n) is 2.02. The molecule has 0 saturated heterocycles. The number of rotatable bonds is 4. The number of hydrogen-bond donors (Lipinski definition) is 1. The zero-order valence-electron chi connectivity index (χ0n) is 8.79. The van der Waals surface area contributed by atoms with E-state index in [2.05, 4.69) is 5.32 Å². The van der Waals surface area contributed by atoms with Gasteiger partial charge < -0.3 is 5.32 Å². The molecule has 0 aromatic heterocycles. The number of carbonyl (C=O) groups excluding carboxylic acids is 1. The van der Waals surface area contributed by atoms with Gasteiger partial charge in [0.1, 0.15) is 0 Å². The molecule has 0 heterocycles. The number of hydrogen-bond acceptors (Lipinski definition) is 2. The lowest BCUT2D eigenvalue weighted by Crippen LogP contribution is -2.28. The molecule has 2 nitrogen and oxygen atoms in total. The summed E-state index contributed by atoms with van der Waals surface area (Å²) in [6.45, 7) is 1.96. The van der Waals surface area contributed by atoms with Crippen LogP contribution in [0.15, 0.2) is 24.3 Å². The van der Waals surface area contributed by atoms with E-state index < -0.39 is 0 Å². The van der Waals surface area contributed by atoms with Crippen LogP contribution in [-0.2, 0) is 4.79 Å². The molecule has 0 radical (unpaired) electrons. The summed E-state index contributed by atoms with van der Waals surface area (Å²) < 4.78 is 0. The van der Waals surface area contributed by atoms with Gasteiger partial charge >= 0.3 is 0 Å². The first-order valence-corrected chi connectivity index (χ1v) is 6.44. The van der Waals surface area contributed by atoms with Crippen molar-refractivity contribution >= 4 is 29.3 Å². The summed E-state index contributed by atoms with van der Waals surface area (Å²) >= 11 is 7.30. The minimum Gasteiger partial charge on any atom is -0.349 e. The molecular formula is C11H14ClNOS. The highest BCUT2D eigenvalue weighted by Gasteiger charge is 2.08. The van der Waals surface area contributed by atoms with Crippen LogP contribution in [0.2, 0.25) is 5.02 Å². The second-order valence-electron chi connectivity index (χ2n) is 3.27. The molecule has 0 aliphatic carbocycles. The maximum absolute atomic E-state index is 11.3. The number of halogens is 1. The van der Waals surface area contributed by atoms with E-state index in [0.717, 1.165) is 5.56 Å². The molecule has 82 valence electrons. The minimum atomic E-state index is 0.0296. The lowest BCUT2D eigenvalue weighted by molar-refractivity contribution is -0.119. The number of thioether (sulfide) groups is 1. The number of amides is 1. The van der Waals surface area contributed by atoms with Crippen molar-refractivity contribution in [2.24, 2.45) is 0 Å². The van der Waals surface area contributed by atoms with Gasteiger partial charge in [-0.1, -0.05) is 23.7 Å². The summed E-state index contributed by atoms with van der Waals surface area (Å²) in [5.41, 5.74) is 1.06. The van der Waals surface area contributed by atoms with E-state index in [4.69, 9.17) is 11.6 Å². The fourth-order valence-electron chi connectivity index (χ4n) is 1.25. The molecule has 0 saturated carbocycles. The van der Waals surface area contributed by atoms with Crippen LogP contribution in [0.4, 0.5) is 0 Å². The zero-order valence-corrected chi connectivity index (χ0v) is 10.4. The van der Waals surface area contributed by atoms with Crippen molar-refractivity contribution in [3.05, 3.63) is 34.9 Å². The van der Waals surface area contributed by atoms with Crippen LogP contribution in [0, 0.1) is 0 Å². The summed E-state index contributed by atoms with van der Waals surface area (Å²) in [6.07, 6.45) is 1.91. The average molecular weight is 244 g/mol.